The monoisotopic (exact) mass is 318 g/mol. The van der Waals surface area contributed by atoms with Crippen molar-refractivity contribution < 1.29 is 27.6 Å². The molecule has 10 nitrogen and oxygen atoms in total. The molecule has 0 radical (unpaired) electrons. The maximum Gasteiger partial charge on any atom is 0.419 e. The van der Waals surface area contributed by atoms with Crippen molar-refractivity contribution in [1.82, 2.24) is 13.8 Å². The van der Waals surface area contributed by atoms with Gasteiger partial charge in [-0.1, -0.05) is 5.16 Å². The largest absolute Gasteiger partial charge is 0.506 e. The molecule has 0 bridgehead atoms. The Labute approximate surface area is 120 Å². The van der Waals surface area contributed by atoms with Gasteiger partial charge in [0.2, 0.25) is 0 Å². The number of hydrogen-bond donors (Lipinski definition) is 2. The van der Waals surface area contributed by atoms with E-state index in [0.29, 0.717) is 10.1 Å². The summed E-state index contributed by atoms with van der Waals surface area (Å²) in [6, 6.07) is 1.45. The first-order chi connectivity index (χ1) is 9.71. The standard InChI is InChI=1S/C10H14N4O6S/c1-6-4-8(12-20-6)11-10(16)19-9-7(15)5-13(2)21(17,18)14(9)3/h4,15H,5H2,1-3H3,(H,11,12,16). The summed E-state index contributed by atoms with van der Waals surface area (Å²) < 4.78 is 34.9. The summed E-state index contributed by atoms with van der Waals surface area (Å²) in [5.74, 6) is -0.269. The number of aryl methyl sites for hydroxylation is 1. The van der Waals surface area contributed by atoms with E-state index in [-0.39, 0.29) is 18.1 Å². The minimum absolute atomic E-state index is 0.107. The average molecular weight is 318 g/mol. The molecule has 1 aromatic rings. The molecule has 0 atom stereocenters. The lowest BCUT2D eigenvalue weighted by Crippen LogP contribution is -2.46. The van der Waals surface area contributed by atoms with E-state index in [9.17, 15) is 18.3 Å². The zero-order valence-electron chi connectivity index (χ0n) is 11.5. The molecule has 0 fully saturated rings. The van der Waals surface area contributed by atoms with E-state index in [1.54, 1.807) is 6.92 Å². The first-order valence-corrected chi connectivity index (χ1v) is 7.16. The number of aliphatic hydroxyl groups is 1. The predicted octanol–water partition coefficient (Wildman–Crippen LogP) is 0.381. The Bertz CT molecular complexity index is 694. The van der Waals surface area contributed by atoms with Crippen LogP contribution in [0.1, 0.15) is 5.76 Å². The van der Waals surface area contributed by atoms with E-state index >= 15 is 0 Å². The second kappa shape index (κ2) is 5.26. The van der Waals surface area contributed by atoms with E-state index in [1.807, 2.05) is 0 Å². The third-order valence-corrected chi connectivity index (χ3v) is 4.47. The van der Waals surface area contributed by atoms with Gasteiger partial charge in [0, 0.05) is 20.2 Å². The summed E-state index contributed by atoms with van der Waals surface area (Å²) in [5.41, 5.74) is 0. The number of nitrogens with zero attached hydrogens (tertiary/aromatic N) is 3. The smallest absolute Gasteiger partial charge is 0.419 e. The highest BCUT2D eigenvalue weighted by atomic mass is 32.2. The fourth-order valence-corrected chi connectivity index (χ4v) is 2.68. The molecule has 1 aliphatic heterocycles. The minimum atomic E-state index is -3.83. The van der Waals surface area contributed by atoms with Crippen LogP contribution in [0.25, 0.3) is 0 Å². The number of hydrogen-bond acceptors (Lipinski definition) is 7. The van der Waals surface area contributed by atoms with Crippen LogP contribution in [0.4, 0.5) is 10.6 Å². The lowest BCUT2D eigenvalue weighted by atomic mass is 10.5. The Morgan fingerprint density at radius 2 is 2.19 bits per heavy atom. The molecule has 21 heavy (non-hydrogen) atoms. The lowest BCUT2D eigenvalue weighted by Gasteiger charge is -2.31. The number of aromatic nitrogens is 1. The molecule has 1 aromatic heterocycles. The van der Waals surface area contributed by atoms with Crippen molar-refractivity contribution in [3.8, 4) is 0 Å². The summed E-state index contributed by atoms with van der Waals surface area (Å²) in [6.45, 7) is 1.34. The molecule has 116 valence electrons. The fourth-order valence-electron chi connectivity index (χ4n) is 1.62. The Hall–Kier alpha value is -2.27. The maximum absolute atomic E-state index is 11.9. The van der Waals surface area contributed by atoms with E-state index in [1.165, 1.54) is 13.1 Å². The Morgan fingerprint density at radius 1 is 1.52 bits per heavy atom. The zero-order valence-corrected chi connectivity index (χ0v) is 12.3. The quantitative estimate of drug-likeness (QED) is 0.807. The molecule has 2 N–H and O–H groups in total. The molecule has 0 saturated carbocycles. The molecule has 0 aliphatic carbocycles. The van der Waals surface area contributed by atoms with Crippen molar-refractivity contribution >= 4 is 22.1 Å². The predicted molar refractivity (Wildman–Crippen MR) is 70.3 cm³/mol. The molecular weight excluding hydrogens is 304 g/mol. The van der Waals surface area contributed by atoms with Gasteiger partial charge in [-0.3, -0.25) is 5.32 Å². The van der Waals surface area contributed by atoms with Crippen LogP contribution in [0, 0.1) is 6.92 Å². The van der Waals surface area contributed by atoms with Gasteiger partial charge in [-0.15, -0.1) is 0 Å². The number of carbonyl (C=O) groups is 1. The van der Waals surface area contributed by atoms with Crippen molar-refractivity contribution in [3.05, 3.63) is 23.5 Å². The second-order valence-electron chi connectivity index (χ2n) is 4.32. The number of likely N-dealkylation sites (N-methyl/N-ethyl adjacent to an activating group) is 1. The highest BCUT2D eigenvalue weighted by Gasteiger charge is 2.36. The van der Waals surface area contributed by atoms with E-state index < -0.39 is 22.2 Å². The van der Waals surface area contributed by atoms with Crippen molar-refractivity contribution in [3.63, 3.8) is 0 Å². The van der Waals surface area contributed by atoms with Crippen LogP contribution in [-0.2, 0) is 14.9 Å². The van der Waals surface area contributed by atoms with Crippen LogP contribution in [0.15, 0.2) is 22.2 Å². The normalized spacial score (nSPS) is 18.7. The van der Waals surface area contributed by atoms with Crippen molar-refractivity contribution in [2.24, 2.45) is 0 Å². The number of nitrogens with one attached hydrogen (secondary N) is 1. The van der Waals surface area contributed by atoms with E-state index in [4.69, 9.17) is 9.26 Å². The molecule has 2 heterocycles. The summed E-state index contributed by atoms with van der Waals surface area (Å²) in [6.07, 6.45) is -1.00. The van der Waals surface area contributed by atoms with Gasteiger partial charge in [-0.05, 0) is 6.92 Å². The molecular formula is C10H14N4O6S. The van der Waals surface area contributed by atoms with Crippen LogP contribution < -0.4 is 5.32 Å². The Balaban J connectivity index is 2.14. The van der Waals surface area contributed by atoms with Crippen molar-refractivity contribution in [2.45, 2.75) is 6.92 Å². The van der Waals surface area contributed by atoms with Crippen molar-refractivity contribution in [2.75, 3.05) is 26.0 Å². The summed E-state index contributed by atoms with van der Waals surface area (Å²) in [7, 11) is -1.38. The third kappa shape index (κ3) is 2.92. The van der Waals surface area contributed by atoms with Gasteiger partial charge >= 0.3 is 16.3 Å². The Morgan fingerprint density at radius 3 is 2.76 bits per heavy atom. The Kier molecular flexibility index (Phi) is 3.78. The van der Waals surface area contributed by atoms with Crippen LogP contribution in [-0.4, -0.2) is 54.0 Å². The molecule has 1 aliphatic rings. The minimum Gasteiger partial charge on any atom is -0.506 e. The lowest BCUT2D eigenvalue weighted by molar-refractivity contribution is 0.151. The number of ether oxygens (including phenoxy) is 1. The van der Waals surface area contributed by atoms with Gasteiger partial charge < -0.3 is 14.4 Å². The molecule has 0 spiro atoms. The van der Waals surface area contributed by atoms with E-state index in [0.717, 1.165) is 11.4 Å². The van der Waals surface area contributed by atoms with Crippen LogP contribution in [0.2, 0.25) is 0 Å². The number of rotatable bonds is 2. The maximum atomic E-state index is 11.9. The second-order valence-corrected chi connectivity index (χ2v) is 6.39. The van der Waals surface area contributed by atoms with Gasteiger partial charge in [-0.2, -0.15) is 12.7 Å². The van der Waals surface area contributed by atoms with Crippen LogP contribution >= 0.6 is 0 Å². The fraction of sp³-hybridized carbons (Fsp3) is 0.400. The SMILES string of the molecule is Cc1cc(NC(=O)OC2=C(O)CN(C)S(=O)(=O)N2C)no1. The number of amides is 1. The molecule has 11 heteroatoms. The molecule has 0 saturated heterocycles. The van der Waals surface area contributed by atoms with Crippen molar-refractivity contribution in [1.29, 1.82) is 0 Å². The summed E-state index contributed by atoms with van der Waals surface area (Å²) in [5, 5.41) is 15.5. The average Bonchev–Trinajstić information content (AvgIpc) is 2.78. The van der Waals surface area contributed by atoms with Gasteiger partial charge in [0.1, 0.15) is 5.76 Å². The van der Waals surface area contributed by atoms with Crippen LogP contribution in [0.3, 0.4) is 0 Å². The molecule has 1 amide bonds. The highest BCUT2D eigenvalue weighted by Crippen LogP contribution is 2.22. The molecule has 2 rings (SSSR count). The number of aliphatic hydroxyl groups excluding tert-OH is 1. The van der Waals surface area contributed by atoms with Gasteiger partial charge in [-0.25, -0.2) is 9.10 Å². The van der Waals surface area contributed by atoms with Gasteiger partial charge in [0.15, 0.2) is 11.6 Å². The third-order valence-electron chi connectivity index (χ3n) is 2.69. The topological polar surface area (TPSA) is 125 Å². The first kappa shape index (κ1) is 15.1. The molecule has 0 unspecified atom stereocenters. The summed E-state index contributed by atoms with van der Waals surface area (Å²) >= 11 is 0. The summed E-state index contributed by atoms with van der Waals surface area (Å²) in [4.78, 5) is 11.7. The van der Waals surface area contributed by atoms with Crippen LogP contribution in [0.5, 0.6) is 0 Å². The zero-order chi connectivity index (χ0) is 15.8. The van der Waals surface area contributed by atoms with Gasteiger partial charge in [0.05, 0.1) is 6.54 Å². The molecule has 0 aromatic carbocycles. The highest BCUT2D eigenvalue weighted by molar-refractivity contribution is 7.86. The van der Waals surface area contributed by atoms with E-state index in [2.05, 4.69) is 10.5 Å². The first-order valence-electron chi connectivity index (χ1n) is 5.76. The van der Waals surface area contributed by atoms with Gasteiger partial charge in [0.25, 0.3) is 5.88 Å². The number of carbonyl (C=O) groups excluding carboxylic acids is 1. The number of anilines is 1.